The molecule has 1 aliphatic rings. The summed E-state index contributed by atoms with van der Waals surface area (Å²) in [5.74, 6) is 0. The van der Waals surface area contributed by atoms with Gasteiger partial charge in [0.2, 0.25) is 0 Å². The second-order valence-corrected chi connectivity index (χ2v) is 5.74. The molecule has 1 nitrogen and oxygen atoms in total. The third-order valence-electron chi connectivity index (χ3n) is 3.84. The summed E-state index contributed by atoms with van der Waals surface area (Å²) >= 11 is 0. The van der Waals surface area contributed by atoms with Gasteiger partial charge in [-0.15, -0.1) is 0 Å². The summed E-state index contributed by atoms with van der Waals surface area (Å²) in [4.78, 5) is 10.5. The lowest BCUT2D eigenvalue weighted by molar-refractivity contribution is -0.104. The van der Waals surface area contributed by atoms with Gasteiger partial charge in [0.25, 0.3) is 0 Å². The lowest BCUT2D eigenvalue weighted by Crippen LogP contribution is -2.19. The molecule has 1 heteroatoms. The third-order valence-corrected chi connectivity index (χ3v) is 3.84. The zero-order valence-electron chi connectivity index (χ0n) is 11.8. The number of hydrogen-bond donors (Lipinski definition) is 0. The smallest absolute Gasteiger partial charge is 0.143 e. The maximum atomic E-state index is 10.5. The highest BCUT2D eigenvalue weighted by molar-refractivity contribution is 5.67. The first kappa shape index (κ1) is 14.0. The van der Waals surface area contributed by atoms with Gasteiger partial charge in [-0.1, -0.05) is 25.5 Å². The van der Waals surface area contributed by atoms with Gasteiger partial charge in [-0.2, -0.15) is 0 Å². The second kappa shape index (κ2) is 5.48. The van der Waals surface area contributed by atoms with Gasteiger partial charge in [0.15, 0.2) is 0 Å². The van der Waals surface area contributed by atoms with Crippen LogP contribution in [0, 0.1) is 5.41 Å². The molecule has 0 heterocycles. The van der Waals surface area contributed by atoms with Gasteiger partial charge in [0, 0.05) is 0 Å². The first-order valence-electron chi connectivity index (χ1n) is 6.39. The van der Waals surface area contributed by atoms with Crippen LogP contribution in [-0.4, -0.2) is 6.29 Å². The van der Waals surface area contributed by atoms with Gasteiger partial charge in [0.05, 0.1) is 0 Å². The Kier molecular flexibility index (Phi) is 4.50. The molecule has 0 aromatic rings. The fourth-order valence-electron chi connectivity index (χ4n) is 2.52. The van der Waals surface area contributed by atoms with Gasteiger partial charge < -0.3 is 0 Å². The van der Waals surface area contributed by atoms with E-state index in [1.807, 2.05) is 6.92 Å². The van der Waals surface area contributed by atoms with E-state index in [-0.39, 0.29) is 5.41 Å². The summed E-state index contributed by atoms with van der Waals surface area (Å²) in [5.41, 5.74) is 5.48. The number of rotatable bonds is 3. The highest BCUT2D eigenvalue weighted by Gasteiger charge is 2.26. The molecule has 1 aliphatic carbocycles. The van der Waals surface area contributed by atoms with E-state index in [9.17, 15) is 4.79 Å². The van der Waals surface area contributed by atoms with Gasteiger partial charge >= 0.3 is 0 Å². The summed E-state index contributed by atoms with van der Waals surface area (Å²) in [6.45, 7) is 10.9. The molecule has 0 N–H and O–H groups in total. The van der Waals surface area contributed by atoms with Crippen LogP contribution in [0.1, 0.15) is 53.9 Å². The second-order valence-electron chi connectivity index (χ2n) is 5.74. The van der Waals surface area contributed by atoms with Crippen molar-refractivity contribution in [2.24, 2.45) is 5.41 Å². The van der Waals surface area contributed by atoms with Crippen LogP contribution in [0.15, 0.2) is 34.4 Å². The van der Waals surface area contributed by atoms with Crippen molar-refractivity contribution in [2.45, 2.75) is 53.9 Å². The average Bonchev–Trinajstić information content (AvgIpc) is 2.23. The normalized spacial score (nSPS) is 21.7. The van der Waals surface area contributed by atoms with E-state index in [0.717, 1.165) is 11.9 Å². The Balaban J connectivity index is 3.11. The molecule has 17 heavy (non-hydrogen) atoms. The summed E-state index contributed by atoms with van der Waals surface area (Å²) in [5, 5.41) is 0. The van der Waals surface area contributed by atoms with Gasteiger partial charge in [0.1, 0.15) is 6.29 Å². The molecule has 0 radical (unpaired) electrons. The number of carbonyl (C=O) groups is 1. The third kappa shape index (κ3) is 3.42. The molecular weight excluding hydrogens is 208 g/mol. The minimum Gasteiger partial charge on any atom is -0.299 e. The standard InChI is InChI=1S/C16H24O/c1-12(8-10-17)14(3)11-15-13(2)7-6-9-16(15,4)5/h8,10-11H,6-7,9H2,1-5H3/b12-8-,14-11+. The van der Waals surface area contributed by atoms with Gasteiger partial charge in [-0.25, -0.2) is 0 Å². The molecule has 0 spiro atoms. The van der Waals surface area contributed by atoms with Crippen molar-refractivity contribution in [1.29, 1.82) is 0 Å². The van der Waals surface area contributed by atoms with E-state index in [4.69, 9.17) is 0 Å². The summed E-state index contributed by atoms with van der Waals surface area (Å²) in [6, 6.07) is 0. The average molecular weight is 232 g/mol. The lowest BCUT2D eigenvalue weighted by atomic mass is 9.72. The highest BCUT2D eigenvalue weighted by atomic mass is 16.1. The van der Waals surface area contributed by atoms with Crippen LogP contribution in [-0.2, 0) is 4.79 Å². The molecule has 0 unspecified atom stereocenters. The largest absolute Gasteiger partial charge is 0.299 e. The van der Waals surface area contributed by atoms with E-state index in [1.54, 1.807) is 6.08 Å². The fourth-order valence-corrected chi connectivity index (χ4v) is 2.52. The zero-order chi connectivity index (χ0) is 13.1. The zero-order valence-corrected chi connectivity index (χ0v) is 11.8. The first-order chi connectivity index (χ1) is 7.88. The van der Waals surface area contributed by atoms with Crippen molar-refractivity contribution >= 4 is 6.29 Å². The van der Waals surface area contributed by atoms with Crippen LogP contribution in [0.2, 0.25) is 0 Å². The summed E-state index contributed by atoms with van der Waals surface area (Å²) in [7, 11) is 0. The Hall–Kier alpha value is -1.11. The molecule has 1 rings (SSSR count). The maximum Gasteiger partial charge on any atom is 0.143 e. The van der Waals surface area contributed by atoms with E-state index < -0.39 is 0 Å². The number of carbonyl (C=O) groups excluding carboxylic acids is 1. The monoisotopic (exact) mass is 232 g/mol. The van der Waals surface area contributed by atoms with Crippen molar-refractivity contribution in [2.75, 3.05) is 0 Å². The SMILES string of the molecule is CC1=C(/C=C(C)/C(C)=C\C=O)C(C)(C)CCC1. The minimum atomic E-state index is 0.269. The molecule has 0 aromatic heterocycles. The van der Waals surface area contributed by atoms with Gasteiger partial charge in [-0.3, -0.25) is 4.79 Å². The molecule has 94 valence electrons. The predicted octanol–water partition coefficient (Wildman–Crippen LogP) is 4.60. The number of aldehydes is 1. The Bertz CT molecular complexity index is 392. The summed E-state index contributed by atoms with van der Waals surface area (Å²) in [6.07, 6.45) is 8.51. The highest BCUT2D eigenvalue weighted by Crippen LogP contribution is 2.41. The number of hydrogen-bond acceptors (Lipinski definition) is 1. The van der Waals surface area contributed by atoms with E-state index in [2.05, 4.69) is 33.8 Å². The van der Waals surface area contributed by atoms with Crippen LogP contribution >= 0.6 is 0 Å². The van der Waals surface area contributed by atoms with Crippen LogP contribution in [0.5, 0.6) is 0 Å². The van der Waals surface area contributed by atoms with Crippen LogP contribution in [0.25, 0.3) is 0 Å². The summed E-state index contributed by atoms with van der Waals surface area (Å²) < 4.78 is 0. The molecule has 0 saturated heterocycles. The quantitative estimate of drug-likeness (QED) is 0.395. The van der Waals surface area contributed by atoms with E-state index in [1.165, 1.54) is 36.0 Å². The predicted molar refractivity (Wildman–Crippen MR) is 73.9 cm³/mol. The fraction of sp³-hybridized carbons (Fsp3) is 0.562. The Morgan fingerprint density at radius 3 is 2.41 bits per heavy atom. The molecular formula is C16H24O. The minimum absolute atomic E-state index is 0.269. The van der Waals surface area contributed by atoms with Crippen molar-refractivity contribution in [1.82, 2.24) is 0 Å². The van der Waals surface area contributed by atoms with Crippen LogP contribution < -0.4 is 0 Å². The van der Waals surface area contributed by atoms with Crippen LogP contribution in [0.4, 0.5) is 0 Å². The molecule has 0 amide bonds. The Labute approximate surface area is 105 Å². The number of allylic oxidation sites excluding steroid dienone is 6. The molecule has 0 fully saturated rings. The van der Waals surface area contributed by atoms with Crippen molar-refractivity contribution in [3.8, 4) is 0 Å². The first-order valence-corrected chi connectivity index (χ1v) is 6.39. The Morgan fingerprint density at radius 1 is 1.24 bits per heavy atom. The van der Waals surface area contributed by atoms with Crippen molar-refractivity contribution < 1.29 is 4.79 Å². The molecule has 0 aliphatic heterocycles. The van der Waals surface area contributed by atoms with Crippen LogP contribution in [0.3, 0.4) is 0 Å². The van der Waals surface area contributed by atoms with E-state index >= 15 is 0 Å². The molecule has 0 bridgehead atoms. The topological polar surface area (TPSA) is 17.1 Å². The van der Waals surface area contributed by atoms with Crippen molar-refractivity contribution in [3.63, 3.8) is 0 Å². The Morgan fingerprint density at radius 2 is 1.88 bits per heavy atom. The molecule has 0 aromatic carbocycles. The van der Waals surface area contributed by atoms with E-state index in [0.29, 0.717) is 0 Å². The van der Waals surface area contributed by atoms with Gasteiger partial charge in [-0.05, 0) is 68.2 Å². The molecule has 0 saturated carbocycles. The van der Waals surface area contributed by atoms with Crippen molar-refractivity contribution in [3.05, 3.63) is 34.4 Å². The molecule has 0 atom stereocenters. The lowest BCUT2D eigenvalue weighted by Gasteiger charge is -2.33. The maximum absolute atomic E-state index is 10.5.